The maximum Gasteiger partial charge on any atom is 0.187 e. The van der Waals surface area contributed by atoms with Gasteiger partial charge < -0.3 is 5.73 Å². The lowest BCUT2D eigenvalue weighted by atomic mass is 9.84. The summed E-state index contributed by atoms with van der Waals surface area (Å²) in [5, 5.41) is 0.800. The molecule has 0 saturated carbocycles. The molecule has 0 bridgehead atoms. The van der Waals surface area contributed by atoms with Crippen molar-refractivity contribution in [3.8, 4) is 0 Å². The molecule has 2 aromatic heterocycles. The van der Waals surface area contributed by atoms with Crippen molar-refractivity contribution in [2.24, 2.45) is 0 Å². The van der Waals surface area contributed by atoms with Gasteiger partial charge in [-0.25, -0.2) is 4.57 Å². The van der Waals surface area contributed by atoms with Crippen LogP contribution >= 0.6 is 11.6 Å². The van der Waals surface area contributed by atoms with Gasteiger partial charge in [0.25, 0.3) is 0 Å². The van der Waals surface area contributed by atoms with Gasteiger partial charge in [-0.1, -0.05) is 32.4 Å². The molecule has 0 atom stereocenters. The molecular weight excluding hydrogens is 294 g/mol. The fourth-order valence-electron chi connectivity index (χ4n) is 2.78. The number of anilines is 1. The van der Waals surface area contributed by atoms with Gasteiger partial charge in [0.2, 0.25) is 0 Å². The Balaban J connectivity index is 2.31. The van der Waals surface area contributed by atoms with Crippen molar-refractivity contribution in [1.82, 2.24) is 4.98 Å². The highest BCUT2D eigenvalue weighted by Gasteiger charge is 2.29. The minimum Gasteiger partial charge on any atom is -0.397 e. The number of nitrogen functional groups attached to an aromatic ring is 1. The number of nitrogens with zero attached hydrogens (tertiary/aromatic N) is 2. The molecule has 118 valence electrons. The quantitative estimate of drug-likeness (QED) is 0.873. The smallest absolute Gasteiger partial charge is 0.187 e. The standard InChI is InChI=1S/C18H25ClN3/c1-17(2,3)13-7-9-22(11-15(13)19)12-18(4,5)14-6-8-21-10-16(14)20/h6-11H,12,20H2,1-5H3/q+1. The van der Waals surface area contributed by atoms with Gasteiger partial charge in [-0.3, -0.25) is 4.98 Å². The van der Waals surface area contributed by atoms with E-state index < -0.39 is 0 Å². The van der Waals surface area contributed by atoms with Crippen LogP contribution in [-0.4, -0.2) is 4.98 Å². The SMILES string of the molecule is CC(C)(C)c1cc[n+](CC(C)(C)c2ccncc2N)cc1Cl. The Labute approximate surface area is 138 Å². The van der Waals surface area contributed by atoms with Crippen LogP contribution in [-0.2, 0) is 17.4 Å². The van der Waals surface area contributed by atoms with Gasteiger partial charge in [-0.05, 0) is 36.5 Å². The molecule has 0 aliphatic carbocycles. The summed E-state index contributed by atoms with van der Waals surface area (Å²) in [6.07, 6.45) is 7.58. The minimum absolute atomic E-state index is 0.0429. The fraction of sp³-hybridized carbons (Fsp3) is 0.444. The van der Waals surface area contributed by atoms with E-state index >= 15 is 0 Å². The number of nitrogens with two attached hydrogens (primary N) is 1. The third-order valence-electron chi connectivity index (χ3n) is 3.94. The number of hydrogen-bond donors (Lipinski definition) is 1. The maximum atomic E-state index is 6.46. The van der Waals surface area contributed by atoms with Crippen molar-refractivity contribution in [1.29, 1.82) is 0 Å². The van der Waals surface area contributed by atoms with E-state index in [1.54, 1.807) is 12.4 Å². The Morgan fingerprint density at radius 1 is 1.14 bits per heavy atom. The molecule has 0 aliphatic heterocycles. The largest absolute Gasteiger partial charge is 0.397 e. The van der Waals surface area contributed by atoms with Crippen molar-refractivity contribution in [2.75, 3.05) is 5.73 Å². The Bertz CT molecular complexity index is 672. The molecule has 0 aromatic carbocycles. The van der Waals surface area contributed by atoms with E-state index in [1.165, 1.54) is 0 Å². The summed E-state index contributed by atoms with van der Waals surface area (Å²) in [5.74, 6) is 0. The molecule has 4 heteroatoms. The van der Waals surface area contributed by atoms with E-state index in [4.69, 9.17) is 17.3 Å². The molecule has 2 rings (SSSR count). The van der Waals surface area contributed by atoms with E-state index in [1.807, 2.05) is 12.3 Å². The monoisotopic (exact) mass is 318 g/mol. The van der Waals surface area contributed by atoms with Crippen LogP contribution in [0.5, 0.6) is 0 Å². The summed E-state index contributed by atoms with van der Waals surface area (Å²) in [6, 6.07) is 4.09. The normalized spacial score (nSPS) is 12.5. The third kappa shape index (κ3) is 3.58. The molecule has 0 amide bonds. The van der Waals surface area contributed by atoms with Crippen LogP contribution in [0.2, 0.25) is 5.02 Å². The van der Waals surface area contributed by atoms with Crippen molar-refractivity contribution in [3.63, 3.8) is 0 Å². The lowest BCUT2D eigenvalue weighted by molar-refractivity contribution is -0.704. The van der Waals surface area contributed by atoms with Gasteiger partial charge in [-0.2, -0.15) is 0 Å². The van der Waals surface area contributed by atoms with Gasteiger partial charge >= 0.3 is 0 Å². The first-order valence-electron chi connectivity index (χ1n) is 7.50. The van der Waals surface area contributed by atoms with Gasteiger partial charge in [0, 0.05) is 12.3 Å². The average molecular weight is 319 g/mol. The van der Waals surface area contributed by atoms with Crippen molar-refractivity contribution < 1.29 is 4.57 Å². The van der Waals surface area contributed by atoms with Crippen LogP contribution in [0.4, 0.5) is 5.69 Å². The van der Waals surface area contributed by atoms with Gasteiger partial charge in [0.05, 0.1) is 17.3 Å². The van der Waals surface area contributed by atoms with Crippen molar-refractivity contribution >= 4 is 17.3 Å². The van der Waals surface area contributed by atoms with Crippen LogP contribution in [0.3, 0.4) is 0 Å². The summed E-state index contributed by atoms with van der Waals surface area (Å²) in [7, 11) is 0. The van der Waals surface area contributed by atoms with Crippen LogP contribution in [0.25, 0.3) is 0 Å². The number of halogens is 1. The maximum absolute atomic E-state index is 6.46. The molecule has 2 N–H and O–H groups in total. The molecular formula is C18H25ClN3+. The van der Waals surface area contributed by atoms with E-state index in [9.17, 15) is 0 Å². The van der Waals surface area contributed by atoms with Crippen molar-refractivity contribution in [3.05, 3.63) is 53.1 Å². The highest BCUT2D eigenvalue weighted by atomic mass is 35.5. The van der Waals surface area contributed by atoms with Gasteiger partial charge in [0.1, 0.15) is 5.02 Å². The molecule has 2 heterocycles. The molecule has 0 fully saturated rings. The Morgan fingerprint density at radius 3 is 2.36 bits per heavy atom. The summed E-state index contributed by atoms with van der Waals surface area (Å²) < 4.78 is 2.12. The molecule has 0 saturated heterocycles. The zero-order valence-electron chi connectivity index (χ0n) is 14.0. The zero-order valence-corrected chi connectivity index (χ0v) is 14.8. The molecule has 2 aromatic rings. The Morgan fingerprint density at radius 2 is 1.82 bits per heavy atom. The van der Waals surface area contributed by atoms with Crippen molar-refractivity contribution in [2.45, 2.75) is 52.0 Å². The summed E-state index contributed by atoms with van der Waals surface area (Å²) >= 11 is 6.46. The molecule has 22 heavy (non-hydrogen) atoms. The van der Waals surface area contributed by atoms with Crippen LogP contribution < -0.4 is 10.3 Å². The minimum atomic E-state index is -0.107. The third-order valence-corrected chi connectivity index (χ3v) is 4.24. The number of aromatic nitrogens is 2. The highest BCUT2D eigenvalue weighted by Crippen LogP contribution is 2.30. The average Bonchev–Trinajstić information content (AvgIpc) is 2.36. The highest BCUT2D eigenvalue weighted by molar-refractivity contribution is 6.31. The van der Waals surface area contributed by atoms with Crippen LogP contribution in [0.15, 0.2) is 36.9 Å². The molecule has 0 spiro atoms. The van der Waals surface area contributed by atoms with Crippen LogP contribution in [0.1, 0.15) is 45.7 Å². The first-order chi connectivity index (χ1) is 10.1. The number of pyridine rings is 2. The summed E-state index contributed by atoms with van der Waals surface area (Å²) in [5.41, 5.74) is 9.00. The van der Waals surface area contributed by atoms with Gasteiger partial charge in [-0.15, -0.1) is 0 Å². The first kappa shape index (κ1) is 16.8. The Hall–Kier alpha value is -1.61. The topological polar surface area (TPSA) is 42.8 Å². The van der Waals surface area contributed by atoms with E-state index in [0.29, 0.717) is 0 Å². The molecule has 3 nitrogen and oxygen atoms in total. The fourth-order valence-corrected chi connectivity index (χ4v) is 3.25. The zero-order chi connectivity index (χ0) is 16.5. The lowest BCUT2D eigenvalue weighted by Crippen LogP contribution is -2.43. The first-order valence-corrected chi connectivity index (χ1v) is 7.88. The second kappa shape index (κ2) is 5.88. The Kier molecular flexibility index (Phi) is 4.48. The van der Waals surface area contributed by atoms with Gasteiger partial charge in [0.15, 0.2) is 18.9 Å². The number of hydrogen-bond acceptors (Lipinski definition) is 2. The second-order valence-corrected chi connectivity index (χ2v) is 7.88. The van der Waals surface area contributed by atoms with E-state index in [-0.39, 0.29) is 10.8 Å². The molecule has 0 aliphatic rings. The summed E-state index contributed by atoms with van der Waals surface area (Å²) in [4.78, 5) is 4.07. The second-order valence-electron chi connectivity index (χ2n) is 7.48. The molecule has 0 unspecified atom stereocenters. The summed E-state index contributed by atoms with van der Waals surface area (Å²) in [6.45, 7) is 11.7. The lowest BCUT2D eigenvalue weighted by Gasteiger charge is -2.24. The predicted octanol–water partition coefficient (Wildman–Crippen LogP) is 3.88. The van der Waals surface area contributed by atoms with Crippen LogP contribution in [0, 0.1) is 0 Å². The van der Waals surface area contributed by atoms with E-state index in [2.05, 4.69) is 56.4 Å². The van der Waals surface area contributed by atoms with E-state index in [0.717, 1.165) is 28.4 Å². The predicted molar refractivity (Wildman–Crippen MR) is 92.0 cm³/mol. The molecule has 0 radical (unpaired) electrons. The number of rotatable bonds is 3.